The number of alkyl halides is 5. The second-order valence-electron chi connectivity index (χ2n) is 7.91. The summed E-state index contributed by atoms with van der Waals surface area (Å²) in [5.41, 5.74) is -2.86. The molecule has 0 aliphatic carbocycles. The summed E-state index contributed by atoms with van der Waals surface area (Å²) in [5, 5.41) is 15.8. The number of H-pyrrole nitrogens is 1. The highest BCUT2D eigenvalue weighted by Gasteiger charge is 2.37. The van der Waals surface area contributed by atoms with E-state index in [1.807, 2.05) is 4.90 Å². The lowest BCUT2D eigenvalue weighted by Crippen LogP contribution is -2.48. The average molecular weight is 501 g/mol. The highest BCUT2D eigenvalue weighted by atomic mass is 19.4. The van der Waals surface area contributed by atoms with Gasteiger partial charge in [0.05, 0.1) is 42.9 Å². The summed E-state index contributed by atoms with van der Waals surface area (Å²) in [6, 6.07) is -0.578. The summed E-state index contributed by atoms with van der Waals surface area (Å²) < 4.78 is 71.7. The quantitative estimate of drug-likeness (QED) is 0.424. The molecule has 0 spiro atoms. The molecule has 1 unspecified atom stereocenters. The molecule has 3 aromatic rings. The maximum absolute atomic E-state index is 13.1. The van der Waals surface area contributed by atoms with E-state index in [0.717, 1.165) is 18.6 Å². The van der Waals surface area contributed by atoms with E-state index in [4.69, 9.17) is 4.74 Å². The van der Waals surface area contributed by atoms with E-state index in [1.165, 1.54) is 0 Å². The maximum Gasteiger partial charge on any atom is 0.423 e. The second-order valence-corrected chi connectivity index (χ2v) is 7.91. The number of hydrogen-bond donors (Lipinski definition) is 2. The van der Waals surface area contributed by atoms with E-state index in [1.54, 1.807) is 22.9 Å². The number of nitrogens with zero attached hydrogens (tertiary/aromatic N) is 7. The van der Waals surface area contributed by atoms with Gasteiger partial charge in [0.25, 0.3) is 12.0 Å². The Balaban J connectivity index is 1.24. The summed E-state index contributed by atoms with van der Waals surface area (Å²) in [7, 11) is 0. The van der Waals surface area contributed by atoms with Gasteiger partial charge in [-0.3, -0.25) is 4.79 Å². The molecule has 1 fully saturated rings. The zero-order valence-electron chi connectivity index (χ0n) is 18.2. The molecule has 3 aromatic heterocycles. The van der Waals surface area contributed by atoms with Crippen molar-refractivity contribution in [2.75, 3.05) is 29.9 Å². The molecule has 0 bridgehead atoms. The molecule has 16 heteroatoms. The van der Waals surface area contributed by atoms with E-state index in [0.29, 0.717) is 24.7 Å². The summed E-state index contributed by atoms with van der Waals surface area (Å²) in [6.07, 6.45) is -2.69. The number of rotatable bonds is 9. The highest BCUT2D eigenvalue weighted by Crippen LogP contribution is 2.31. The third kappa shape index (κ3) is 5.70. The maximum atomic E-state index is 13.1. The molecular formula is C19H20F5N9O2. The van der Waals surface area contributed by atoms with E-state index in [2.05, 4.69) is 30.7 Å². The van der Waals surface area contributed by atoms with Gasteiger partial charge in [0.15, 0.2) is 0 Å². The van der Waals surface area contributed by atoms with Crippen molar-refractivity contribution in [2.24, 2.45) is 0 Å². The van der Waals surface area contributed by atoms with Crippen molar-refractivity contribution < 1.29 is 26.7 Å². The summed E-state index contributed by atoms with van der Waals surface area (Å²) >= 11 is 0. The number of halogens is 5. The van der Waals surface area contributed by atoms with Gasteiger partial charge in [0.2, 0.25) is 5.95 Å². The lowest BCUT2D eigenvalue weighted by Gasteiger charge is -2.38. The summed E-state index contributed by atoms with van der Waals surface area (Å²) in [6.45, 7) is 2.73. The van der Waals surface area contributed by atoms with Gasteiger partial charge in [-0.2, -0.15) is 18.3 Å². The van der Waals surface area contributed by atoms with Gasteiger partial charge in [0, 0.05) is 31.5 Å². The number of aromatic amines is 1. The molecule has 0 amide bonds. The van der Waals surface area contributed by atoms with Gasteiger partial charge in [-0.1, -0.05) is 5.21 Å². The average Bonchev–Trinajstić information content (AvgIpc) is 3.20. The molecule has 1 saturated heterocycles. The van der Waals surface area contributed by atoms with Crippen LogP contribution in [0.1, 0.15) is 36.2 Å². The zero-order valence-corrected chi connectivity index (χ0v) is 18.2. The van der Waals surface area contributed by atoms with Crippen molar-refractivity contribution in [2.45, 2.75) is 38.2 Å². The van der Waals surface area contributed by atoms with Crippen LogP contribution in [0.5, 0.6) is 0 Å². The van der Waals surface area contributed by atoms with Crippen molar-refractivity contribution in [1.82, 2.24) is 35.2 Å². The molecule has 1 aliphatic heterocycles. The molecular weight excluding hydrogens is 481 g/mol. The molecule has 0 saturated carbocycles. The van der Waals surface area contributed by atoms with Crippen molar-refractivity contribution in [3.8, 4) is 0 Å². The van der Waals surface area contributed by atoms with Crippen LogP contribution in [0, 0.1) is 0 Å². The Morgan fingerprint density at radius 3 is 2.60 bits per heavy atom. The molecule has 35 heavy (non-hydrogen) atoms. The summed E-state index contributed by atoms with van der Waals surface area (Å²) in [4.78, 5) is 21.2. The highest BCUT2D eigenvalue weighted by molar-refractivity contribution is 5.50. The Bertz CT molecular complexity index is 1190. The van der Waals surface area contributed by atoms with Crippen molar-refractivity contribution in [1.29, 1.82) is 0 Å². The van der Waals surface area contributed by atoms with Gasteiger partial charge in [-0.15, -0.1) is 5.10 Å². The molecule has 4 heterocycles. The third-order valence-corrected chi connectivity index (χ3v) is 5.15. The first-order chi connectivity index (χ1) is 16.6. The SMILES string of the molecule is CC(COCc1cn(C2CN(c3ncc(C(F)F)cn3)C2)nn1)Nc1cn[nH]c(=O)c1C(F)(F)F. The van der Waals surface area contributed by atoms with Gasteiger partial charge in [0.1, 0.15) is 11.3 Å². The number of anilines is 2. The molecule has 188 valence electrons. The molecule has 4 rings (SSSR count). The van der Waals surface area contributed by atoms with Crippen LogP contribution >= 0.6 is 0 Å². The lowest BCUT2D eigenvalue weighted by atomic mass is 10.1. The predicted molar refractivity (Wildman–Crippen MR) is 111 cm³/mol. The Morgan fingerprint density at radius 1 is 1.23 bits per heavy atom. The number of ether oxygens (including phenoxy) is 1. The van der Waals surface area contributed by atoms with Crippen molar-refractivity contribution in [3.63, 3.8) is 0 Å². The molecule has 0 aromatic carbocycles. The first kappa shape index (κ1) is 24.4. The van der Waals surface area contributed by atoms with E-state index in [-0.39, 0.29) is 24.8 Å². The van der Waals surface area contributed by atoms with E-state index in [9.17, 15) is 26.7 Å². The Labute approximate surface area is 194 Å². The zero-order chi connectivity index (χ0) is 25.2. The van der Waals surface area contributed by atoms with Gasteiger partial charge >= 0.3 is 6.18 Å². The Kier molecular flexibility index (Phi) is 6.90. The fraction of sp³-hybridized carbons (Fsp3) is 0.474. The standard InChI is InChI=1S/C19H20F5N9O2/c1-10(28-14-4-27-30-17(34)15(14)19(22,23)24)8-35-9-12-5-33(31-29-12)13-6-32(7-13)18-25-2-11(3-26-18)16(20)21/h2-5,10,13,16H,6-9H2,1H3,(H2,28,30,34). The largest absolute Gasteiger partial charge is 0.423 e. The van der Waals surface area contributed by atoms with Crippen LogP contribution in [0.25, 0.3) is 0 Å². The first-order valence-corrected chi connectivity index (χ1v) is 10.4. The van der Waals surface area contributed by atoms with Crippen LogP contribution in [0.15, 0.2) is 29.6 Å². The fourth-order valence-corrected chi connectivity index (χ4v) is 3.39. The molecule has 0 radical (unpaired) electrons. The normalized spacial score (nSPS) is 15.3. The summed E-state index contributed by atoms with van der Waals surface area (Å²) in [5.74, 6) is 0.347. The smallest absolute Gasteiger partial charge is 0.378 e. The minimum absolute atomic E-state index is 0.0142. The Hall–Kier alpha value is -3.69. The van der Waals surface area contributed by atoms with Crippen molar-refractivity contribution in [3.05, 3.63) is 52.0 Å². The van der Waals surface area contributed by atoms with E-state index < -0.39 is 35.5 Å². The molecule has 2 N–H and O–H groups in total. The van der Waals surface area contributed by atoms with Crippen LogP contribution < -0.4 is 15.8 Å². The van der Waals surface area contributed by atoms with Gasteiger partial charge < -0.3 is 15.0 Å². The van der Waals surface area contributed by atoms with Crippen LogP contribution in [0.2, 0.25) is 0 Å². The predicted octanol–water partition coefficient (Wildman–Crippen LogP) is 2.19. The van der Waals surface area contributed by atoms with Gasteiger partial charge in [-0.25, -0.2) is 28.5 Å². The number of nitrogens with one attached hydrogen (secondary N) is 2. The number of hydrogen-bond acceptors (Lipinski definition) is 9. The number of aromatic nitrogens is 7. The Morgan fingerprint density at radius 2 is 1.94 bits per heavy atom. The fourth-order valence-electron chi connectivity index (χ4n) is 3.39. The first-order valence-electron chi connectivity index (χ1n) is 10.4. The van der Waals surface area contributed by atoms with Crippen molar-refractivity contribution >= 4 is 11.6 Å². The molecule has 1 atom stereocenters. The van der Waals surface area contributed by atoms with Crippen LogP contribution in [-0.4, -0.2) is 60.9 Å². The van der Waals surface area contributed by atoms with Crippen LogP contribution in [0.4, 0.5) is 33.6 Å². The van der Waals surface area contributed by atoms with E-state index >= 15 is 0 Å². The molecule has 11 nitrogen and oxygen atoms in total. The van der Waals surface area contributed by atoms with Crippen LogP contribution in [-0.2, 0) is 17.5 Å². The minimum Gasteiger partial charge on any atom is -0.378 e. The monoisotopic (exact) mass is 501 g/mol. The molecule has 1 aliphatic rings. The van der Waals surface area contributed by atoms with Gasteiger partial charge in [-0.05, 0) is 6.92 Å². The third-order valence-electron chi connectivity index (χ3n) is 5.15. The second kappa shape index (κ2) is 9.89. The topological polar surface area (TPSA) is 127 Å². The lowest BCUT2D eigenvalue weighted by molar-refractivity contribution is -0.138. The minimum atomic E-state index is -4.84. The van der Waals surface area contributed by atoms with Crippen LogP contribution in [0.3, 0.4) is 0 Å².